The summed E-state index contributed by atoms with van der Waals surface area (Å²) >= 11 is 0. The van der Waals surface area contributed by atoms with E-state index in [1.165, 1.54) is 0 Å². The molecule has 108 valence electrons. The number of hydrogen-bond donors (Lipinski definition) is 1. The van der Waals surface area contributed by atoms with Gasteiger partial charge in [0.1, 0.15) is 0 Å². The number of carboxylic acid groups (broad SMARTS) is 1. The largest absolute Gasteiger partial charge is 0.481 e. The zero-order valence-electron chi connectivity index (χ0n) is 11.2. The van der Waals surface area contributed by atoms with Crippen LogP contribution in [-0.4, -0.2) is 40.8 Å². The van der Waals surface area contributed by atoms with Gasteiger partial charge in [-0.25, -0.2) is 0 Å². The Hall–Kier alpha value is -0.780. The molecule has 0 heterocycles. The van der Waals surface area contributed by atoms with Gasteiger partial charge in [0.05, 0.1) is 6.42 Å². The lowest BCUT2D eigenvalue weighted by Crippen LogP contribution is -2.47. The Morgan fingerprint density at radius 1 is 1.17 bits per heavy atom. The molecule has 1 atom stereocenters. The highest BCUT2D eigenvalue weighted by molar-refractivity contribution is 5.68. The van der Waals surface area contributed by atoms with Crippen LogP contribution in [0.1, 0.15) is 46.5 Å². The van der Waals surface area contributed by atoms with E-state index in [0.717, 1.165) is 0 Å². The first-order chi connectivity index (χ1) is 8.14. The number of nitrogens with zero attached hydrogens (tertiary/aromatic N) is 1. The highest BCUT2D eigenvalue weighted by atomic mass is 19.4. The average Bonchev–Trinajstić information content (AvgIpc) is 2.15. The predicted molar refractivity (Wildman–Crippen MR) is 63.5 cm³/mol. The number of rotatable bonds is 8. The topological polar surface area (TPSA) is 40.5 Å². The summed E-state index contributed by atoms with van der Waals surface area (Å²) in [5.41, 5.74) is -0.708. The fraction of sp³-hybridized carbons (Fsp3) is 0.917. The third kappa shape index (κ3) is 6.23. The summed E-state index contributed by atoms with van der Waals surface area (Å²) in [6.45, 7) is 6.75. The molecule has 18 heavy (non-hydrogen) atoms. The molecule has 1 unspecified atom stereocenters. The van der Waals surface area contributed by atoms with Gasteiger partial charge in [0, 0.05) is 12.0 Å². The van der Waals surface area contributed by atoms with Gasteiger partial charge in [-0.15, -0.1) is 0 Å². The number of hydrogen-bond acceptors (Lipinski definition) is 2. The van der Waals surface area contributed by atoms with Crippen molar-refractivity contribution in [2.24, 2.45) is 0 Å². The average molecular weight is 269 g/mol. The number of carbonyl (C=O) groups is 1. The summed E-state index contributed by atoms with van der Waals surface area (Å²) in [5.74, 6) is -0.976. The summed E-state index contributed by atoms with van der Waals surface area (Å²) in [4.78, 5) is 12.8. The van der Waals surface area contributed by atoms with E-state index >= 15 is 0 Å². The lowest BCUT2D eigenvalue weighted by atomic mass is 9.89. The molecular formula is C12H22F3NO2. The number of halogens is 3. The first-order valence-corrected chi connectivity index (χ1v) is 6.18. The van der Waals surface area contributed by atoms with Crippen LogP contribution in [0.3, 0.4) is 0 Å². The van der Waals surface area contributed by atoms with E-state index in [4.69, 9.17) is 5.11 Å². The van der Waals surface area contributed by atoms with Crippen molar-refractivity contribution >= 4 is 5.97 Å². The van der Waals surface area contributed by atoms with Crippen molar-refractivity contribution in [1.82, 2.24) is 4.90 Å². The molecule has 0 bridgehead atoms. The minimum Gasteiger partial charge on any atom is -0.481 e. The molecule has 0 aliphatic rings. The Balaban J connectivity index is 4.61. The van der Waals surface area contributed by atoms with Gasteiger partial charge in [-0.1, -0.05) is 13.8 Å². The van der Waals surface area contributed by atoms with E-state index in [9.17, 15) is 18.0 Å². The summed E-state index contributed by atoms with van der Waals surface area (Å²) in [6, 6.07) is 0. The van der Waals surface area contributed by atoms with Crippen molar-refractivity contribution in [2.45, 2.75) is 58.2 Å². The van der Waals surface area contributed by atoms with Crippen LogP contribution in [0.5, 0.6) is 0 Å². The maximum atomic E-state index is 12.1. The molecule has 3 nitrogen and oxygen atoms in total. The second kappa shape index (κ2) is 6.97. The van der Waals surface area contributed by atoms with Gasteiger partial charge in [0.2, 0.25) is 0 Å². The van der Waals surface area contributed by atoms with Gasteiger partial charge in [0.25, 0.3) is 0 Å². The van der Waals surface area contributed by atoms with Crippen LogP contribution < -0.4 is 0 Å². The maximum absolute atomic E-state index is 12.1. The van der Waals surface area contributed by atoms with Crippen molar-refractivity contribution < 1.29 is 23.1 Å². The van der Waals surface area contributed by atoms with E-state index in [2.05, 4.69) is 0 Å². The summed E-state index contributed by atoms with van der Waals surface area (Å²) < 4.78 is 36.4. The first kappa shape index (κ1) is 17.2. The molecule has 6 heteroatoms. The molecule has 0 aliphatic carbocycles. The third-order valence-corrected chi connectivity index (χ3v) is 3.23. The normalized spacial score (nSPS) is 15.7. The molecule has 0 fully saturated rings. The van der Waals surface area contributed by atoms with Crippen molar-refractivity contribution in [3.05, 3.63) is 0 Å². The number of alkyl halides is 3. The lowest BCUT2D eigenvalue weighted by Gasteiger charge is -2.39. The Bertz CT molecular complexity index is 265. The molecular weight excluding hydrogens is 247 g/mol. The van der Waals surface area contributed by atoms with Crippen molar-refractivity contribution in [1.29, 1.82) is 0 Å². The van der Waals surface area contributed by atoms with Gasteiger partial charge in [-0.3, -0.25) is 9.69 Å². The number of aliphatic carboxylic acids is 1. The first-order valence-electron chi connectivity index (χ1n) is 6.18. The van der Waals surface area contributed by atoms with Crippen LogP contribution in [0, 0.1) is 0 Å². The maximum Gasteiger partial charge on any atom is 0.389 e. The van der Waals surface area contributed by atoms with Crippen molar-refractivity contribution in [3.8, 4) is 0 Å². The molecule has 0 amide bonds. The summed E-state index contributed by atoms with van der Waals surface area (Å²) in [5, 5.41) is 8.90. The smallest absolute Gasteiger partial charge is 0.389 e. The third-order valence-electron chi connectivity index (χ3n) is 3.23. The van der Waals surface area contributed by atoms with E-state index in [0.29, 0.717) is 13.1 Å². The summed E-state index contributed by atoms with van der Waals surface area (Å²) in [6.07, 6.45) is -4.96. The van der Waals surface area contributed by atoms with Crippen LogP contribution in [0.2, 0.25) is 0 Å². The van der Waals surface area contributed by atoms with Gasteiger partial charge in [-0.05, 0) is 32.9 Å². The minimum atomic E-state index is -4.17. The molecule has 0 aromatic carbocycles. The summed E-state index contributed by atoms with van der Waals surface area (Å²) in [7, 11) is 0. The Kier molecular flexibility index (Phi) is 6.67. The molecule has 0 saturated heterocycles. The molecule has 0 aromatic heterocycles. The molecule has 0 rings (SSSR count). The second-order valence-corrected chi connectivity index (χ2v) is 4.71. The molecule has 0 aromatic rings. The quantitative estimate of drug-likeness (QED) is 0.735. The fourth-order valence-electron chi connectivity index (χ4n) is 2.34. The highest BCUT2D eigenvalue weighted by Gasteiger charge is 2.34. The second-order valence-electron chi connectivity index (χ2n) is 4.71. The van der Waals surface area contributed by atoms with Gasteiger partial charge in [0.15, 0.2) is 0 Å². The zero-order chi connectivity index (χ0) is 14.4. The number of carboxylic acids is 1. The van der Waals surface area contributed by atoms with E-state index in [1.54, 1.807) is 6.92 Å². The molecule has 1 N–H and O–H groups in total. The zero-order valence-corrected chi connectivity index (χ0v) is 11.2. The van der Waals surface area contributed by atoms with Crippen molar-refractivity contribution in [2.75, 3.05) is 13.1 Å². The molecule has 0 aliphatic heterocycles. The van der Waals surface area contributed by atoms with Gasteiger partial charge >= 0.3 is 12.1 Å². The van der Waals surface area contributed by atoms with E-state index < -0.39 is 24.1 Å². The Morgan fingerprint density at radius 3 is 2.00 bits per heavy atom. The minimum absolute atomic E-state index is 0.0379. The molecule has 0 saturated carbocycles. The Labute approximate surface area is 106 Å². The SMILES string of the molecule is CCN(CC)C(C)(CCCC(F)(F)F)CC(=O)O. The molecule has 0 spiro atoms. The van der Waals surface area contributed by atoms with Crippen LogP contribution in [0.25, 0.3) is 0 Å². The predicted octanol–water partition coefficient (Wildman–Crippen LogP) is 3.29. The monoisotopic (exact) mass is 269 g/mol. The highest BCUT2D eigenvalue weighted by Crippen LogP contribution is 2.29. The van der Waals surface area contributed by atoms with Gasteiger partial charge < -0.3 is 5.11 Å². The van der Waals surface area contributed by atoms with Crippen LogP contribution in [0.4, 0.5) is 13.2 Å². The van der Waals surface area contributed by atoms with Gasteiger partial charge in [-0.2, -0.15) is 13.2 Å². The fourth-order valence-corrected chi connectivity index (χ4v) is 2.34. The van der Waals surface area contributed by atoms with Crippen molar-refractivity contribution in [3.63, 3.8) is 0 Å². The van der Waals surface area contributed by atoms with E-state index in [1.807, 2.05) is 18.7 Å². The molecule has 0 radical (unpaired) electrons. The van der Waals surface area contributed by atoms with E-state index in [-0.39, 0.29) is 19.3 Å². The van der Waals surface area contributed by atoms with Crippen LogP contribution in [0.15, 0.2) is 0 Å². The van der Waals surface area contributed by atoms with Crippen LogP contribution >= 0.6 is 0 Å². The standard InChI is InChI=1S/C12H22F3NO2/c1-4-16(5-2)11(3,9-10(17)18)7-6-8-12(13,14)15/h4-9H2,1-3H3,(H,17,18). The lowest BCUT2D eigenvalue weighted by molar-refractivity contribution is -0.141. The Morgan fingerprint density at radius 2 is 1.67 bits per heavy atom. The van der Waals surface area contributed by atoms with Crippen LogP contribution in [-0.2, 0) is 4.79 Å².